The summed E-state index contributed by atoms with van der Waals surface area (Å²) in [5.41, 5.74) is 0. The Bertz CT molecular complexity index is 673. The summed E-state index contributed by atoms with van der Waals surface area (Å²) < 4.78 is 2.01. The van der Waals surface area contributed by atoms with Crippen LogP contribution in [0.15, 0.2) is 12.4 Å². The molecule has 3 rings (SSSR count). The predicted molar refractivity (Wildman–Crippen MR) is 89.7 cm³/mol. The highest BCUT2D eigenvalue weighted by atomic mass is 16.2. The normalized spacial score (nSPS) is 20.7. The summed E-state index contributed by atoms with van der Waals surface area (Å²) in [4.78, 5) is 45.6. The van der Waals surface area contributed by atoms with Crippen LogP contribution in [0.4, 0.5) is 4.79 Å². The van der Waals surface area contributed by atoms with Crippen LogP contribution in [0.25, 0.3) is 0 Å². The molecule has 3 heterocycles. The van der Waals surface area contributed by atoms with Crippen LogP contribution in [0.1, 0.15) is 12.7 Å². The van der Waals surface area contributed by atoms with Gasteiger partial charge in [-0.15, -0.1) is 0 Å². The van der Waals surface area contributed by atoms with Crippen LogP contribution < -0.4 is 5.32 Å². The Kier molecular flexibility index (Phi) is 4.91. The average molecular weight is 348 g/mol. The number of aryl methyl sites for hydroxylation is 1. The molecule has 9 nitrogen and oxygen atoms in total. The molecule has 2 saturated heterocycles. The van der Waals surface area contributed by atoms with Gasteiger partial charge in [-0.1, -0.05) is 6.92 Å². The quantitative estimate of drug-likeness (QED) is 0.767. The predicted octanol–water partition coefficient (Wildman–Crippen LogP) is -0.860. The number of urea groups is 1. The third-order valence-electron chi connectivity index (χ3n) is 4.77. The van der Waals surface area contributed by atoms with Gasteiger partial charge in [-0.25, -0.2) is 9.78 Å². The first-order valence-corrected chi connectivity index (χ1v) is 8.58. The second kappa shape index (κ2) is 7.12. The molecular formula is C16H24N6O3. The molecule has 0 aromatic carbocycles. The first kappa shape index (κ1) is 17.2. The van der Waals surface area contributed by atoms with Crippen molar-refractivity contribution in [1.82, 2.24) is 29.6 Å². The van der Waals surface area contributed by atoms with E-state index in [0.717, 1.165) is 12.2 Å². The number of carbonyl (C=O) groups is 3. The van der Waals surface area contributed by atoms with E-state index in [1.165, 1.54) is 4.90 Å². The Morgan fingerprint density at radius 2 is 2.16 bits per heavy atom. The lowest BCUT2D eigenvalue weighted by Crippen LogP contribution is -2.67. The molecule has 25 heavy (non-hydrogen) atoms. The summed E-state index contributed by atoms with van der Waals surface area (Å²) in [5, 5.41) is 2.88. The molecule has 2 aliphatic rings. The molecule has 1 aromatic rings. The van der Waals surface area contributed by atoms with E-state index in [1.807, 2.05) is 17.7 Å². The van der Waals surface area contributed by atoms with Crippen LogP contribution in [0.3, 0.4) is 0 Å². The van der Waals surface area contributed by atoms with Gasteiger partial charge in [0, 0.05) is 52.0 Å². The highest BCUT2D eigenvalue weighted by Gasteiger charge is 2.42. The molecule has 1 aromatic heterocycles. The van der Waals surface area contributed by atoms with E-state index in [1.54, 1.807) is 23.0 Å². The minimum Gasteiger partial charge on any atom is -0.336 e. The van der Waals surface area contributed by atoms with Gasteiger partial charge in [0.1, 0.15) is 11.9 Å². The zero-order valence-corrected chi connectivity index (χ0v) is 14.6. The maximum atomic E-state index is 12.4. The fraction of sp³-hybridized carbons (Fsp3) is 0.625. The van der Waals surface area contributed by atoms with Crippen LogP contribution in [0.2, 0.25) is 0 Å². The summed E-state index contributed by atoms with van der Waals surface area (Å²) in [6.07, 6.45) is 4.49. The number of nitrogens with one attached hydrogen (secondary N) is 1. The number of carbonyl (C=O) groups excluding carboxylic acids is 3. The minimum absolute atomic E-state index is 0.0561. The maximum absolute atomic E-state index is 12.4. The average Bonchev–Trinajstić information content (AvgIpc) is 3.06. The topological polar surface area (TPSA) is 90.8 Å². The Balaban J connectivity index is 1.53. The fourth-order valence-electron chi connectivity index (χ4n) is 3.36. The van der Waals surface area contributed by atoms with Crippen molar-refractivity contribution in [3.63, 3.8) is 0 Å². The van der Waals surface area contributed by atoms with Gasteiger partial charge < -0.3 is 24.6 Å². The number of likely N-dealkylation sites (N-methyl/N-ethyl adjacent to an activating group) is 1. The number of imidazole rings is 1. The van der Waals surface area contributed by atoms with E-state index < -0.39 is 6.04 Å². The standard InChI is InChI=1S/C16H24N6O3/c1-3-13-17-4-6-20(13)7-5-18-16(25)21-8-9-22-12(10-21)15(24)19(2)11-14(22)23/h4,6,12H,3,5,7-11H2,1-2H3,(H,18,25). The number of piperazine rings is 2. The lowest BCUT2D eigenvalue weighted by Gasteiger charge is -2.45. The van der Waals surface area contributed by atoms with Crippen LogP contribution in [0.5, 0.6) is 0 Å². The second-order valence-corrected chi connectivity index (χ2v) is 6.37. The van der Waals surface area contributed by atoms with Crippen LogP contribution in [0, 0.1) is 0 Å². The largest absolute Gasteiger partial charge is 0.336 e. The zero-order chi connectivity index (χ0) is 18.0. The highest BCUT2D eigenvalue weighted by molar-refractivity contribution is 5.95. The SMILES string of the molecule is CCc1nccn1CCNC(=O)N1CCN2C(=O)CN(C)C(=O)C2C1. The number of hydrogen-bond donors (Lipinski definition) is 1. The molecule has 2 fully saturated rings. The van der Waals surface area contributed by atoms with Crippen molar-refractivity contribution in [1.29, 1.82) is 0 Å². The Morgan fingerprint density at radius 1 is 1.36 bits per heavy atom. The van der Waals surface area contributed by atoms with Gasteiger partial charge in [0.25, 0.3) is 0 Å². The third-order valence-corrected chi connectivity index (χ3v) is 4.77. The van der Waals surface area contributed by atoms with E-state index in [0.29, 0.717) is 26.2 Å². The molecule has 0 radical (unpaired) electrons. The van der Waals surface area contributed by atoms with E-state index >= 15 is 0 Å². The summed E-state index contributed by atoms with van der Waals surface area (Å²) >= 11 is 0. The minimum atomic E-state index is -0.564. The first-order chi connectivity index (χ1) is 12.0. The summed E-state index contributed by atoms with van der Waals surface area (Å²) in [5.74, 6) is 0.819. The number of rotatable bonds is 4. The molecule has 2 aliphatic heterocycles. The first-order valence-electron chi connectivity index (χ1n) is 8.58. The molecular weight excluding hydrogens is 324 g/mol. The van der Waals surface area contributed by atoms with Gasteiger partial charge in [0.05, 0.1) is 13.1 Å². The van der Waals surface area contributed by atoms with Gasteiger partial charge in [-0.2, -0.15) is 0 Å². The lowest BCUT2D eigenvalue weighted by atomic mass is 10.1. The Morgan fingerprint density at radius 3 is 2.92 bits per heavy atom. The van der Waals surface area contributed by atoms with Crippen molar-refractivity contribution in [2.75, 3.05) is 39.8 Å². The van der Waals surface area contributed by atoms with Crippen LogP contribution >= 0.6 is 0 Å². The molecule has 4 amide bonds. The van der Waals surface area contributed by atoms with Crippen LogP contribution in [-0.4, -0.2) is 87.9 Å². The number of amides is 4. The highest BCUT2D eigenvalue weighted by Crippen LogP contribution is 2.17. The van der Waals surface area contributed by atoms with Crippen molar-refractivity contribution in [2.45, 2.75) is 25.9 Å². The zero-order valence-electron chi connectivity index (χ0n) is 14.6. The van der Waals surface area contributed by atoms with Gasteiger partial charge >= 0.3 is 6.03 Å². The molecule has 0 saturated carbocycles. The van der Waals surface area contributed by atoms with Crippen molar-refractivity contribution in [2.24, 2.45) is 0 Å². The summed E-state index contributed by atoms with van der Waals surface area (Å²) in [7, 11) is 1.62. The lowest BCUT2D eigenvalue weighted by molar-refractivity contribution is -0.157. The van der Waals surface area contributed by atoms with Gasteiger partial charge in [0.15, 0.2) is 0 Å². The molecule has 9 heteroatoms. The van der Waals surface area contributed by atoms with Crippen LogP contribution in [-0.2, 0) is 22.6 Å². The third kappa shape index (κ3) is 3.45. The maximum Gasteiger partial charge on any atom is 0.317 e. The van der Waals surface area contributed by atoms with Gasteiger partial charge in [-0.05, 0) is 0 Å². The summed E-state index contributed by atoms with van der Waals surface area (Å²) in [6.45, 7) is 4.38. The molecule has 1 N–H and O–H groups in total. The molecule has 0 spiro atoms. The van der Waals surface area contributed by atoms with E-state index in [4.69, 9.17) is 0 Å². The van der Waals surface area contributed by atoms with Crippen molar-refractivity contribution >= 4 is 17.8 Å². The van der Waals surface area contributed by atoms with E-state index in [-0.39, 0.29) is 30.9 Å². The monoisotopic (exact) mass is 348 g/mol. The molecule has 0 bridgehead atoms. The molecule has 136 valence electrons. The van der Waals surface area contributed by atoms with Gasteiger partial charge in [-0.3, -0.25) is 9.59 Å². The number of fused-ring (bicyclic) bond motifs is 1. The van der Waals surface area contributed by atoms with Crippen molar-refractivity contribution in [3.05, 3.63) is 18.2 Å². The molecule has 0 aliphatic carbocycles. The van der Waals surface area contributed by atoms with E-state index in [2.05, 4.69) is 10.3 Å². The van der Waals surface area contributed by atoms with E-state index in [9.17, 15) is 14.4 Å². The Labute approximate surface area is 146 Å². The number of hydrogen-bond acceptors (Lipinski definition) is 4. The fourth-order valence-corrected chi connectivity index (χ4v) is 3.36. The number of nitrogens with zero attached hydrogens (tertiary/aromatic N) is 5. The smallest absolute Gasteiger partial charge is 0.317 e. The van der Waals surface area contributed by atoms with Gasteiger partial charge in [0.2, 0.25) is 11.8 Å². The molecule has 1 unspecified atom stereocenters. The Hall–Kier alpha value is -2.58. The van der Waals surface area contributed by atoms with Crippen molar-refractivity contribution in [3.8, 4) is 0 Å². The summed E-state index contributed by atoms with van der Waals surface area (Å²) in [6, 6.07) is -0.766. The molecule has 1 atom stereocenters. The second-order valence-electron chi connectivity index (χ2n) is 6.37. The van der Waals surface area contributed by atoms with Crippen molar-refractivity contribution < 1.29 is 14.4 Å². The number of aromatic nitrogens is 2.